The predicted molar refractivity (Wildman–Crippen MR) is 159 cm³/mol. The van der Waals surface area contributed by atoms with Gasteiger partial charge in [0.1, 0.15) is 5.56 Å². The van der Waals surface area contributed by atoms with E-state index in [4.69, 9.17) is 21.1 Å². The SMILES string of the molecule is CCOC(=O)Cc1cn(Cc2csc3ccc(Cl)cc23)c2cc(-c3nc(NC(C)=O)ncc3C(=O)OCC)ccc12. The van der Waals surface area contributed by atoms with Crippen molar-refractivity contribution in [2.24, 2.45) is 0 Å². The summed E-state index contributed by atoms with van der Waals surface area (Å²) < 4.78 is 13.7. The molecule has 0 aliphatic rings. The minimum absolute atomic E-state index is 0.0700. The summed E-state index contributed by atoms with van der Waals surface area (Å²) in [5, 5.41) is 7.26. The van der Waals surface area contributed by atoms with E-state index in [-0.39, 0.29) is 36.4 Å². The van der Waals surface area contributed by atoms with E-state index >= 15 is 0 Å². The molecule has 41 heavy (non-hydrogen) atoms. The number of carbonyl (C=O) groups excluding carboxylic acids is 3. The topological polar surface area (TPSA) is 112 Å². The van der Waals surface area contributed by atoms with E-state index in [1.54, 1.807) is 25.2 Å². The van der Waals surface area contributed by atoms with Gasteiger partial charge in [-0.25, -0.2) is 14.8 Å². The molecule has 1 N–H and O–H groups in total. The van der Waals surface area contributed by atoms with E-state index in [9.17, 15) is 14.4 Å². The molecule has 1 amide bonds. The van der Waals surface area contributed by atoms with Crippen molar-refractivity contribution in [1.29, 1.82) is 0 Å². The van der Waals surface area contributed by atoms with Crippen molar-refractivity contribution in [2.45, 2.75) is 33.7 Å². The van der Waals surface area contributed by atoms with Crippen LogP contribution in [0.2, 0.25) is 5.02 Å². The molecule has 0 radical (unpaired) electrons. The van der Waals surface area contributed by atoms with Crippen LogP contribution in [-0.2, 0) is 32.0 Å². The Morgan fingerprint density at radius 2 is 1.83 bits per heavy atom. The van der Waals surface area contributed by atoms with Gasteiger partial charge in [0.15, 0.2) is 0 Å². The normalized spacial score (nSPS) is 11.1. The Kier molecular flexibility index (Phi) is 8.32. The number of fused-ring (bicyclic) bond motifs is 2. The maximum Gasteiger partial charge on any atom is 0.341 e. The fourth-order valence-electron chi connectivity index (χ4n) is 4.69. The molecule has 0 saturated carbocycles. The van der Waals surface area contributed by atoms with Gasteiger partial charge >= 0.3 is 11.9 Å². The Balaban J connectivity index is 1.66. The number of hydrogen-bond donors (Lipinski definition) is 1. The van der Waals surface area contributed by atoms with Crippen molar-refractivity contribution in [3.63, 3.8) is 0 Å². The van der Waals surface area contributed by atoms with Gasteiger partial charge < -0.3 is 14.0 Å². The lowest BCUT2D eigenvalue weighted by atomic mass is 10.0. The summed E-state index contributed by atoms with van der Waals surface area (Å²) in [5.41, 5.74) is 3.84. The number of nitrogens with one attached hydrogen (secondary N) is 1. The highest BCUT2D eigenvalue weighted by molar-refractivity contribution is 7.17. The highest BCUT2D eigenvalue weighted by Gasteiger charge is 2.21. The quantitative estimate of drug-likeness (QED) is 0.202. The second kappa shape index (κ2) is 12.1. The van der Waals surface area contributed by atoms with Crippen molar-refractivity contribution in [3.05, 3.63) is 75.9 Å². The highest BCUT2D eigenvalue weighted by Crippen LogP contribution is 2.33. The molecule has 0 spiro atoms. The number of halogens is 1. The summed E-state index contributed by atoms with van der Waals surface area (Å²) in [6, 6.07) is 11.5. The zero-order valence-corrected chi connectivity index (χ0v) is 24.3. The van der Waals surface area contributed by atoms with Crippen molar-refractivity contribution >= 4 is 67.7 Å². The number of nitrogens with zero attached hydrogens (tertiary/aromatic N) is 3. The average molecular weight is 591 g/mol. The summed E-state index contributed by atoms with van der Waals surface area (Å²) >= 11 is 7.94. The number of ether oxygens (including phenoxy) is 2. The number of aromatic nitrogens is 3. The van der Waals surface area contributed by atoms with Crippen molar-refractivity contribution in [1.82, 2.24) is 14.5 Å². The molecule has 0 saturated heterocycles. The van der Waals surface area contributed by atoms with Gasteiger partial charge in [-0.2, -0.15) is 0 Å². The predicted octanol–water partition coefficient (Wildman–Crippen LogP) is 6.26. The summed E-state index contributed by atoms with van der Waals surface area (Å²) in [6.07, 6.45) is 3.41. The maximum absolute atomic E-state index is 12.8. The molecule has 0 unspecified atom stereocenters. The van der Waals surface area contributed by atoms with Crippen LogP contribution in [0.1, 0.15) is 42.3 Å². The smallest absolute Gasteiger partial charge is 0.341 e. The largest absolute Gasteiger partial charge is 0.466 e. The Morgan fingerprint density at radius 1 is 1.02 bits per heavy atom. The standard InChI is InChI=1S/C30H27ClN4O5S/c1-4-39-27(37)11-19-14-35(15-20-16-41-26-9-7-21(31)12-23(20)26)25-10-18(6-8-22(19)25)28-24(29(38)40-5-2)13-32-30(34-28)33-17(3)36/h6-10,12-14,16H,4-5,11,15H2,1-3H3,(H,32,33,34,36). The van der Waals surface area contributed by atoms with E-state index in [1.807, 2.05) is 42.6 Å². The minimum Gasteiger partial charge on any atom is -0.466 e. The van der Waals surface area contributed by atoms with Crippen LogP contribution in [0, 0.1) is 0 Å². The van der Waals surface area contributed by atoms with Gasteiger partial charge in [0.25, 0.3) is 0 Å². The third-order valence-electron chi connectivity index (χ3n) is 6.41. The molecule has 11 heteroatoms. The monoisotopic (exact) mass is 590 g/mol. The van der Waals surface area contributed by atoms with Crippen LogP contribution in [-0.4, -0.2) is 45.6 Å². The lowest BCUT2D eigenvalue weighted by Gasteiger charge is -2.11. The van der Waals surface area contributed by atoms with Crippen molar-refractivity contribution in [2.75, 3.05) is 18.5 Å². The molecule has 2 aromatic carbocycles. The van der Waals surface area contributed by atoms with Gasteiger partial charge in [-0.05, 0) is 60.0 Å². The molecule has 210 valence electrons. The number of benzene rings is 2. The molecule has 0 bridgehead atoms. The molecule has 9 nitrogen and oxygen atoms in total. The lowest BCUT2D eigenvalue weighted by molar-refractivity contribution is -0.142. The first-order valence-corrected chi connectivity index (χ1v) is 14.3. The second-order valence-electron chi connectivity index (χ2n) is 9.25. The van der Waals surface area contributed by atoms with Crippen LogP contribution in [0.4, 0.5) is 5.95 Å². The van der Waals surface area contributed by atoms with Crippen molar-refractivity contribution < 1.29 is 23.9 Å². The molecule has 5 rings (SSSR count). The van der Waals surface area contributed by atoms with Crippen LogP contribution in [0.3, 0.4) is 0 Å². The summed E-state index contributed by atoms with van der Waals surface area (Å²) in [7, 11) is 0. The zero-order chi connectivity index (χ0) is 29.1. The van der Waals surface area contributed by atoms with Gasteiger partial charge in [0.2, 0.25) is 11.9 Å². The van der Waals surface area contributed by atoms with Crippen LogP contribution in [0.15, 0.2) is 54.2 Å². The first-order chi connectivity index (χ1) is 19.8. The van der Waals surface area contributed by atoms with Gasteiger partial charge in [-0.3, -0.25) is 14.9 Å². The number of esters is 2. The fourth-order valence-corrected chi connectivity index (χ4v) is 5.80. The van der Waals surface area contributed by atoms with Gasteiger partial charge in [-0.15, -0.1) is 11.3 Å². The van der Waals surface area contributed by atoms with Crippen LogP contribution in [0.5, 0.6) is 0 Å². The van der Waals surface area contributed by atoms with Gasteiger partial charge in [-0.1, -0.05) is 23.7 Å². The maximum atomic E-state index is 12.8. The number of amides is 1. The number of hydrogen-bond acceptors (Lipinski definition) is 8. The Labute approximate surface area is 245 Å². The third-order valence-corrected chi connectivity index (χ3v) is 7.65. The number of thiophene rings is 1. The highest BCUT2D eigenvalue weighted by atomic mass is 35.5. The molecule has 3 aromatic heterocycles. The molecule has 0 atom stereocenters. The molecule has 3 heterocycles. The van der Waals surface area contributed by atoms with Gasteiger partial charge in [0.05, 0.1) is 25.3 Å². The van der Waals surface area contributed by atoms with E-state index in [0.29, 0.717) is 29.4 Å². The summed E-state index contributed by atoms with van der Waals surface area (Å²) in [5.74, 6) is -1.16. The van der Waals surface area contributed by atoms with E-state index in [0.717, 1.165) is 32.1 Å². The molecule has 0 aliphatic heterocycles. The second-order valence-corrected chi connectivity index (χ2v) is 10.6. The average Bonchev–Trinajstić information content (AvgIpc) is 3.49. The molecule has 0 aliphatic carbocycles. The molecular formula is C30H27ClN4O5S. The Bertz CT molecular complexity index is 1790. The molecule has 0 fully saturated rings. The van der Waals surface area contributed by atoms with E-state index in [1.165, 1.54) is 13.1 Å². The Morgan fingerprint density at radius 3 is 2.59 bits per heavy atom. The molecule has 5 aromatic rings. The third kappa shape index (κ3) is 6.08. The number of rotatable bonds is 9. The van der Waals surface area contributed by atoms with Gasteiger partial charge in [0, 0.05) is 52.1 Å². The Hall–Kier alpha value is -4.28. The lowest BCUT2D eigenvalue weighted by Crippen LogP contribution is -2.13. The number of carbonyl (C=O) groups is 3. The van der Waals surface area contributed by atoms with Crippen LogP contribution < -0.4 is 5.32 Å². The molecular weight excluding hydrogens is 564 g/mol. The van der Waals surface area contributed by atoms with E-state index < -0.39 is 5.97 Å². The number of anilines is 1. The fraction of sp³-hybridized carbons (Fsp3) is 0.233. The first-order valence-electron chi connectivity index (χ1n) is 13.0. The minimum atomic E-state index is -0.572. The summed E-state index contributed by atoms with van der Waals surface area (Å²) in [4.78, 5) is 45.5. The van der Waals surface area contributed by atoms with E-state index in [2.05, 4.69) is 25.2 Å². The first kappa shape index (κ1) is 28.3. The van der Waals surface area contributed by atoms with Crippen LogP contribution in [0.25, 0.3) is 32.2 Å². The van der Waals surface area contributed by atoms with Crippen molar-refractivity contribution in [3.8, 4) is 11.3 Å². The van der Waals surface area contributed by atoms with Crippen LogP contribution >= 0.6 is 22.9 Å². The zero-order valence-electron chi connectivity index (χ0n) is 22.7. The summed E-state index contributed by atoms with van der Waals surface area (Å²) in [6.45, 7) is 5.85.